The van der Waals surface area contributed by atoms with Gasteiger partial charge >= 0.3 is 29.6 Å². The smallest absolute Gasteiger partial charge is 0.877 e. The summed E-state index contributed by atoms with van der Waals surface area (Å²) in [5.41, 5.74) is 0.218. The first kappa shape index (κ1) is 10.1. The summed E-state index contributed by atoms with van der Waals surface area (Å²) >= 11 is 0. The molecule has 3 heteroatoms. The number of nitrogens with zero attached hydrogens (tertiary/aromatic N) is 1. The Morgan fingerprint density at radius 1 is 1.86 bits per heavy atom. The van der Waals surface area contributed by atoms with E-state index in [9.17, 15) is 5.11 Å². The first-order valence-electron chi connectivity index (χ1n) is 1.50. The van der Waals surface area contributed by atoms with Crippen LogP contribution in [-0.4, -0.2) is 0 Å². The van der Waals surface area contributed by atoms with Crippen LogP contribution in [-0.2, 0) is 0 Å². The van der Waals surface area contributed by atoms with Crippen molar-refractivity contribution in [2.24, 2.45) is 0 Å². The zero-order valence-corrected chi connectivity index (χ0v) is 6.43. The molecule has 0 aromatic carbocycles. The minimum absolute atomic E-state index is 0. The second-order valence-corrected chi connectivity index (χ2v) is 0.913. The molecule has 0 atom stereocenters. The number of hydrogen-bond donors (Lipinski definition) is 0. The molecular weight excluding hydrogens is 101 g/mol. The predicted molar refractivity (Wildman–Crippen MR) is 19.4 cm³/mol. The maximum Gasteiger partial charge on any atom is 1.00 e. The summed E-state index contributed by atoms with van der Waals surface area (Å²) in [6, 6.07) is 1.66. The summed E-state index contributed by atoms with van der Waals surface area (Å²) in [4.78, 5) is 0. The van der Waals surface area contributed by atoms with Gasteiger partial charge in [-0.2, -0.15) is 5.26 Å². The van der Waals surface area contributed by atoms with Gasteiger partial charge in [-0.3, -0.25) is 0 Å². The third-order valence-corrected chi connectivity index (χ3v) is 0.353. The minimum Gasteiger partial charge on any atom is -0.877 e. The van der Waals surface area contributed by atoms with Gasteiger partial charge in [0, 0.05) is 5.57 Å². The van der Waals surface area contributed by atoms with E-state index in [1.54, 1.807) is 6.07 Å². The zero-order chi connectivity index (χ0) is 4.99. The molecule has 7 heavy (non-hydrogen) atoms. The maximum absolute atomic E-state index is 9.48. The van der Waals surface area contributed by atoms with Crippen molar-refractivity contribution >= 4 is 0 Å². The van der Waals surface area contributed by atoms with Crippen LogP contribution in [0.25, 0.3) is 0 Å². The molecule has 0 aliphatic carbocycles. The summed E-state index contributed by atoms with van der Waals surface area (Å²) < 4.78 is 0. The molecule has 0 spiro atoms. The van der Waals surface area contributed by atoms with Crippen LogP contribution in [0.15, 0.2) is 11.8 Å². The molecule has 0 unspecified atom stereocenters. The molecule has 0 saturated heterocycles. The Morgan fingerprint density at radius 2 is 2.29 bits per heavy atom. The van der Waals surface area contributed by atoms with Gasteiger partial charge in [-0.25, -0.2) is 0 Å². The van der Waals surface area contributed by atoms with Crippen LogP contribution in [0.5, 0.6) is 0 Å². The number of hydrogen-bond acceptors (Lipinski definition) is 2. The molecule has 0 amide bonds. The summed E-state index contributed by atoms with van der Waals surface area (Å²) in [7, 11) is 0. The van der Waals surface area contributed by atoms with Crippen molar-refractivity contribution in [1.29, 1.82) is 5.26 Å². The topological polar surface area (TPSA) is 46.8 Å². The summed E-state index contributed by atoms with van der Waals surface area (Å²) in [6.07, 6.45) is 0.528. The third-order valence-electron chi connectivity index (χ3n) is 0.353. The molecule has 2 nitrogen and oxygen atoms in total. The van der Waals surface area contributed by atoms with Crippen molar-refractivity contribution in [2.45, 2.75) is 6.92 Å². The fourth-order valence-corrected chi connectivity index (χ4v) is 0.0264. The van der Waals surface area contributed by atoms with Crippen LogP contribution < -0.4 is 34.7 Å². The molecule has 0 rings (SSSR count). The molecule has 0 aliphatic rings. The molecule has 0 heterocycles. The standard InChI is InChI=1S/C4H5NO.Na/c1-4(2-5)3-6;/h3,6H,1H3;/q;+1/p-1/b4-3-;. The fraction of sp³-hybridized carbons (Fsp3) is 0.250. The Hall–Kier alpha value is 0.0300. The summed E-state index contributed by atoms with van der Waals surface area (Å²) in [6.45, 7) is 1.47. The Bertz CT molecular complexity index is 103. The van der Waals surface area contributed by atoms with Crippen LogP contribution in [0.4, 0.5) is 0 Å². The van der Waals surface area contributed by atoms with Gasteiger partial charge in [-0.15, -0.1) is 6.26 Å². The number of nitriles is 1. The largest absolute Gasteiger partial charge is 1.00 e. The molecule has 0 radical (unpaired) electrons. The van der Waals surface area contributed by atoms with Crippen LogP contribution in [0, 0.1) is 11.3 Å². The van der Waals surface area contributed by atoms with E-state index in [1.165, 1.54) is 6.92 Å². The molecule has 0 saturated carbocycles. The Balaban J connectivity index is 0. The van der Waals surface area contributed by atoms with Gasteiger partial charge in [0.2, 0.25) is 0 Å². The zero-order valence-electron chi connectivity index (χ0n) is 4.43. The van der Waals surface area contributed by atoms with E-state index in [2.05, 4.69) is 0 Å². The van der Waals surface area contributed by atoms with Crippen LogP contribution in [0.3, 0.4) is 0 Å². The van der Waals surface area contributed by atoms with E-state index >= 15 is 0 Å². The molecule has 0 bridgehead atoms. The van der Waals surface area contributed by atoms with Crippen molar-refractivity contribution < 1.29 is 34.7 Å². The van der Waals surface area contributed by atoms with Crippen molar-refractivity contribution in [2.75, 3.05) is 0 Å². The number of rotatable bonds is 0. The monoisotopic (exact) mass is 105 g/mol. The number of allylic oxidation sites excluding steroid dienone is 1. The average Bonchev–Trinajstić information content (AvgIpc) is 1.65. The summed E-state index contributed by atoms with van der Waals surface area (Å²) in [5.74, 6) is 0. The fourth-order valence-electron chi connectivity index (χ4n) is 0.0264. The van der Waals surface area contributed by atoms with Gasteiger partial charge in [0.05, 0.1) is 6.07 Å². The second-order valence-electron chi connectivity index (χ2n) is 0.913. The second kappa shape index (κ2) is 6.03. The maximum atomic E-state index is 9.48. The molecule has 32 valence electrons. The van der Waals surface area contributed by atoms with Crippen molar-refractivity contribution in [1.82, 2.24) is 0 Å². The molecule has 0 aromatic rings. The van der Waals surface area contributed by atoms with E-state index in [1.807, 2.05) is 0 Å². The van der Waals surface area contributed by atoms with E-state index in [4.69, 9.17) is 5.26 Å². The molecule has 0 aromatic heterocycles. The summed E-state index contributed by atoms with van der Waals surface area (Å²) in [5, 5.41) is 17.3. The minimum atomic E-state index is 0. The van der Waals surface area contributed by atoms with Gasteiger partial charge in [0.15, 0.2) is 0 Å². The van der Waals surface area contributed by atoms with Crippen molar-refractivity contribution in [3.05, 3.63) is 11.8 Å². The molecular formula is C4H4NNaO. The molecule has 0 fully saturated rings. The van der Waals surface area contributed by atoms with Crippen LogP contribution >= 0.6 is 0 Å². The van der Waals surface area contributed by atoms with Gasteiger partial charge in [0.25, 0.3) is 0 Å². The van der Waals surface area contributed by atoms with Gasteiger partial charge in [-0.1, -0.05) is 0 Å². The quantitative estimate of drug-likeness (QED) is 0.185. The predicted octanol–water partition coefficient (Wildman–Crippen LogP) is -3.22. The van der Waals surface area contributed by atoms with Gasteiger partial charge in [-0.05, 0) is 6.92 Å². The first-order chi connectivity index (χ1) is 2.81. The third kappa shape index (κ3) is 6.03. The Morgan fingerprint density at radius 3 is 2.29 bits per heavy atom. The van der Waals surface area contributed by atoms with Gasteiger partial charge < -0.3 is 5.11 Å². The SMILES string of the molecule is C/C(C#N)=C/[O-].[Na+]. The average molecular weight is 105 g/mol. The van der Waals surface area contributed by atoms with E-state index in [-0.39, 0.29) is 35.1 Å². The van der Waals surface area contributed by atoms with Gasteiger partial charge in [0.1, 0.15) is 0 Å². The van der Waals surface area contributed by atoms with Crippen LogP contribution in [0.2, 0.25) is 0 Å². The molecule has 0 N–H and O–H groups in total. The first-order valence-corrected chi connectivity index (χ1v) is 1.50. The molecule has 0 aliphatic heterocycles. The Labute approximate surface area is 64.7 Å². The van der Waals surface area contributed by atoms with Crippen molar-refractivity contribution in [3.8, 4) is 6.07 Å². The van der Waals surface area contributed by atoms with E-state index < -0.39 is 0 Å². The normalized spacial score (nSPS) is 8.86. The van der Waals surface area contributed by atoms with E-state index in [0.29, 0.717) is 6.26 Å². The Kier molecular flexibility index (Phi) is 8.70. The van der Waals surface area contributed by atoms with Crippen molar-refractivity contribution in [3.63, 3.8) is 0 Å². The van der Waals surface area contributed by atoms with Crippen LogP contribution in [0.1, 0.15) is 6.92 Å². The van der Waals surface area contributed by atoms with E-state index in [0.717, 1.165) is 0 Å².